The van der Waals surface area contributed by atoms with E-state index in [-0.39, 0.29) is 18.9 Å². The summed E-state index contributed by atoms with van der Waals surface area (Å²) in [6.07, 6.45) is 7.75. The van der Waals surface area contributed by atoms with Crippen LogP contribution in [0.4, 0.5) is 0 Å². The average Bonchev–Trinajstić information content (AvgIpc) is 2.87. The fraction of sp³-hybridized carbons (Fsp3) is 0.586. The van der Waals surface area contributed by atoms with E-state index in [2.05, 4.69) is 17.2 Å². The minimum Gasteiger partial charge on any atom is -0.496 e. The van der Waals surface area contributed by atoms with E-state index in [1.807, 2.05) is 26.0 Å². The number of aromatic nitrogens is 1. The maximum atomic E-state index is 12.6. The molecule has 1 aromatic carbocycles. The predicted octanol–water partition coefficient (Wildman–Crippen LogP) is 4.99. The SMILES string of the molecule is CCCCCCCCCC(=O)N[C@H](Cc1ccc(OCc2ncc(C)c(OC)c2C)cc1)C(O)CP(=O)(O)O. The first-order valence-electron chi connectivity index (χ1n) is 13.8. The molecular weight excluding hydrogens is 519 g/mol. The number of benzene rings is 1. The third-order valence-electron chi connectivity index (χ3n) is 6.75. The second-order valence-corrected chi connectivity index (χ2v) is 11.8. The molecule has 1 heterocycles. The molecule has 9 nitrogen and oxygen atoms in total. The quantitative estimate of drug-likeness (QED) is 0.147. The molecule has 4 N–H and O–H groups in total. The number of amides is 1. The van der Waals surface area contributed by atoms with Crippen LogP contribution >= 0.6 is 7.60 Å². The first-order valence-corrected chi connectivity index (χ1v) is 15.6. The number of hydrogen-bond donors (Lipinski definition) is 4. The smallest absolute Gasteiger partial charge is 0.328 e. The molecule has 1 amide bonds. The van der Waals surface area contributed by atoms with Crippen molar-refractivity contribution in [3.8, 4) is 11.5 Å². The summed E-state index contributed by atoms with van der Waals surface area (Å²) in [5, 5.41) is 13.3. The summed E-state index contributed by atoms with van der Waals surface area (Å²) in [5.74, 6) is 1.18. The average molecular weight is 565 g/mol. The van der Waals surface area contributed by atoms with Crippen molar-refractivity contribution in [2.75, 3.05) is 13.3 Å². The van der Waals surface area contributed by atoms with E-state index in [0.717, 1.165) is 53.8 Å². The van der Waals surface area contributed by atoms with Crippen molar-refractivity contribution in [3.05, 3.63) is 52.8 Å². The van der Waals surface area contributed by atoms with Gasteiger partial charge in [0.25, 0.3) is 0 Å². The van der Waals surface area contributed by atoms with E-state index in [1.165, 1.54) is 19.3 Å². The van der Waals surface area contributed by atoms with Crippen LogP contribution in [0, 0.1) is 13.8 Å². The minimum atomic E-state index is -4.46. The Morgan fingerprint density at radius 1 is 1.05 bits per heavy atom. The highest BCUT2D eigenvalue weighted by Gasteiger charge is 2.28. The number of rotatable bonds is 18. The van der Waals surface area contributed by atoms with Crippen molar-refractivity contribution >= 4 is 13.5 Å². The highest BCUT2D eigenvalue weighted by atomic mass is 31.2. The Morgan fingerprint density at radius 2 is 1.69 bits per heavy atom. The zero-order valence-electron chi connectivity index (χ0n) is 23.7. The van der Waals surface area contributed by atoms with Gasteiger partial charge in [-0.05, 0) is 44.4 Å². The van der Waals surface area contributed by atoms with Gasteiger partial charge in [0.15, 0.2) is 0 Å². The van der Waals surface area contributed by atoms with E-state index in [4.69, 9.17) is 9.47 Å². The Hall–Kier alpha value is -2.45. The maximum Gasteiger partial charge on any atom is 0.328 e. The number of aryl methyl sites for hydroxylation is 1. The second-order valence-electron chi connectivity index (χ2n) is 10.1. The van der Waals surface area contributed by atoms with Crippen LogP contribution in [0.2, 0.25) is 0 Å². The molecule has 0 saturated carbocycles. The highest BCUT2D eigenvalue weighted by Crippen LogP contribution is 2.36. The molecule has 0 aliphatic rings. The van der Waals surface area contributed by atoms with Gasteiger partial charge in [0, 0.05) is 23.7 Å². The van der Waals surface area contributed by atoms with Crippen LogP contribution < -0.4 is 14.8 Å². The zero-order chi connectivity index (χ0) is 28.8. The minimum absolute atomic E-state index is 0.222. The van der Waals surface area contributed by atoms with Crippen LogP contribution in [0.25, 0.3) is 0 Å². The molecule has 0 bridgehead atoms. The monoisotopic (exact) mass is 564 g/mol. The lowest BCUT2D eigenvalue weighted by Crippen LogP contribution is -2.46. The first kappa shape index (κ1) is 32.8. The molecule has 0 saturated heterocycles. The number of methoxy groups -OCH3 is 1. The molecule has 2 atom stereocenters. The normalized spacial score (nSPS) is 13.1. The first-order chi connectivity index (χ1) is 18.5. The lowest BCUT2D eigenvalue weighted by Gasteiger charge is -2.25. The van der Waals surface area contributed by atoms with Crippen LogP contribution in [-0.2, 0) is 22.4 Å². The summed E-state index contributed by atoms with van der Waals surface area (Å²) < 4.78 is 22.9. The summed E-state index contributed by atoms with van der Waals surface area (Å²) in [4.78, 5) is 35.7. The van der Waals surface area contributed by atoms with Crippen molar-refractivity contribution in [2.24, 2.45) is 0 Å². The van der Waals surface area contributed by atoms with Crippen molar-refractivity contribution in [2.45, 2.75) is 97.3 Å². The largest absolute Gasteiger partial charge is 0.496 e. The molecule has 1 unspecified atom stereocenters. The van der Waals surface area contributed by atoms with E-state index in [0.29, 0.717) is 12.2 Å². The zero-order valence-corrected chi connectivity index (χ0v) is 24.6. The van der Waals surface area contributed by atoms with Crippen LogP contribution in [-0.4, -0.2) is 51.2 Å². The van der Waals surface area contributed by atoms with Gasteiger partial charge in [-0.15, -0.1) is 0 Å². The molecule has 39 heavy (non-hydrogen) atoms. The molecule has 2 rings (SSSR count). The summed E-state index contributed by atoms with van der Waals surface area (Å²) in [7, 11) is -2.83. The van der Waals surface area contributed by atoms with Crippen molar-refractivity contribution in [1.29, 1.82) is 0 Å². The molecule has 0 fully saturated rings. The molecule has 0 spiro atoms. The maximum absolute atomic E-state index is 12.6. The molecule has 0 aliphatic carbocycles. The van der Waals surface area contributed by atoms with Gasteiger partial charge in [-0.25, -0.2) is 0 Å². The number of carbonyl (C=O) groups is 1. The van der Waals surface area contributed by atoms with Gasteiger partial charge in [0.05, 0.1) is 31.1 Å². The Kier molecular flexibility index (Phi) is 14.0. The predicted molar refractivity (Wildman–Crippen MR) is 152 cm³/mol. The van der Waals surface area contributed by atoms with Gasteiger partial charge in [-0.2, -0.15) is 0 Å². The van der Waals surface area contributed by atoms with Gasteiger partial charge < -0.3 is 29.7 Å². The number of aliphatic hydroxyl groups excluding tert-OH is 1. The van der Waals surface area contributed by atoms with Gasteiger partial charge in [0.2, 0.25) is 5.91 Å². The third kappa shape index (κ3) is 12.1. The number of aliphatic hydroxyl groups is 1. The molecule has 0 radical (unpaired) electrons. The lowest BCUT2D eigenvalue weighted by molar-refractivity contribution is -0.122. The molecule has 1 aromatic heterocycles. The van der Waals surface area contributed by atoms with Crippen LogP contribution in [0.15, 0.2) is 30.5 Å². The second kappa shape index (κ2) is 16.6. The Labute approximate surface area is 232 Å². The van der Waals surface area contributed by atoms with E-state index < -0.39 is 25.9 Å². The fourth-order valence-corrected chi connectivity index (χ4v) is 5.26. The van der Waals surface area contributed by atoms with Gasteiger partial charge >= 0.3 is 7.60 Å². The van der Waals surface area contributed by atoms with Crippen molar-refractivity contribution in [1.82, 2.24) is 10.3 Å². The van der Waals surface area contributed by atoms with Crippen molar-refractivity contribution < 1.29 is 33.7 Å². The summed E-state index contributed by atoms with van der Waals surface area (Å²) in [6, 6.07) is 6.36. The molecular formula is C29H45N2O7P. The number of nitrogens with one attached hydrogen (secondary N) is 1. The van der Waals surface area contributed by atoms with Gasteiger partial charge in [-0.3, -0.25) is 14.3 Å². The summed E-state index contributed by atoms with van der Waals surface area (Å²) >= 11 is 0. The fourth-order valence-electron chi connectivity index (χ4n) is 4.52. The summed E-state index contributed by atoms with van der Waals surface area (Å²) in [5.41, 5.74) is 3.43. The van der Waals surface area contributed by atoms with Crippen LogP contribution in [0.5, 0.6) is 11.5 Å². The number of pyridine rings is 1. The summed E-state index contributed by atoms with van der Waals surface area (Å²) in [6.45, 7) is 6.31. The van der Waals surface area contributed by atoms with E-state index in [1.54, 1.807) is 25.4 Å². The van der Waals surface area contributed by atoms with Crippen LogP contribution in [0.1, 0.15) is 80.7 Å². The molecule has 218 valence electrons. The van der Waals surface area contributed by atoms with E-state index >= 15 is 0 Å². The molecule has 2 aromatic rings. The van der Waals surface area contributed by atoms with Crippen molar-refractivity contribution in [3.63, 3.8) is 0 Å². The topological polar surface area (TPSA) is 138 Å². The van der Waals surface area contributed by atoms with E-state index in [9.17, 15) is 24.3 Å². The third-order valence-corrected chi connectivity index (χ3v) is 7.60. The Bertz CT molecular complexity index is 1070. The molecule has 10 heteroatoms. The number of unbranched alkanes of at least 4 members (excludes halogenated alkanes) is 6. The van der Waals surface area contributed by atoms with Gasteiger partial charge in [-0.1, -0.05) is 57.6 Å². The van der Waals surface area contributed by atoms with Crippen LogP contribution in [0.3, 0.4) is 0 Å². The Morgan fingerprint density at radius 3 is 2.31 bits per heavy atom. The standard InChI is InChI=1S/C29H45N2O7P/c1-5-6-7-8-9-10-11-12-28(33)31-25(27(32)20-39(34,35)36)17-23-13-15-24(16-14-23)38-19-26-22(3)29(37-4)21(2)18-30-26/h13-16,18,25,27,32H,5-12,17,19-20H2,1-4H3,(H,31,33)(H2,34,35,36)/t25-,27?/m1/s1. The molecule has 0 aliphatic heterocycles. The number of nitrogens with zero attached hydrogens (tertiary/aromatic N) is 1. The van der Waals surface area contributed by atoms with Gasteiger partial charge in [0.1, 0.15) is 18.1 Å². The number of ether oxygens (including phenoxy) is 2. The number of hydrogen-bond acceptors (Lipinski definition) is 6. The Balaban J connectivity index is 1.96. The highest BCUT2D eigenvalue weighted by molar-refractivity contribution is 7.51. The lowest BCUT2D eigenvalue weighted by atomic mass is 10.0. The number of carbonyl (C=O) groups excluding carboxylic acids is 1.